The van der Waals surface area contributed by atoms with Crippen molar-refractivity contribution >= 4 is 24.6 Å². The Kier molecular flexibility index (Phi) is 7.09. The number of carbonyl (C=O) groups excluding carboxylic acids is 1. The van der Waals surface area contributed by atoms with E-state index in [1.54, 1.807) is 25.3 Å². The van der Waals surface area contributed by atoms with E-state index < -0.39 is 18.3 Å². The summed E-state index contributed by atoms with van der Waals surface area (Å²) in [5.41, 5.74) is 0.665. The molecule has 2 rings (SSSR count). The molecule has 23 heavy (non-hydrogen) atoms. The van der Waals surface area contributed by atoms with Crippen LogP contribution in [0.25, 0.3) is 6.08 Å². The van der Waals surface area contributed by atoms with Gasteiger partial charge in [-0.05, 0) is 34.6 Å². The summed E-state index contributed by atoms with van der Waals surface area (Å²) in [4.78, 5) is 15.5. The van der Waals surface area contributed by atoms with Crippen molar-refractivity contribution in [2.24, 2.45) is 0 Å². The van der Waals surface area contributed by atoms with Gasteiger partial charge in [0.2, 0.25) is 0 Å². The first-order valence-corrected chi connectivity index (χ1v) is 7.33. The molecule has 1 aromatic rings. The molecule has 0 atom stereocenters. The first-order valence-electron chi connectivity index (χ1n) is 7.33. The number of ether oxygens (including phenoxy) is 1. The van der Waals surface area contributed by atoms with E-state index in [0.717, 1.165) is 11.0 Å². The van der Waals surface area contributed by atoms with Gasteiger partial charge in [-0.2, -0.15) is 6.07 Å². The number of hydrogen-bond donors (Lipinski definition) is 0. The molecule has 7 heteroatoms. The van der Waals surface area contributed by atoms with E-state index in [0.29, 0.717) is 6.61 Å². The molecule has 0 radical (unpaired) electrons. The van der Waals surface area contributed by atoms with Crippen LogP contribution in [0.15, 0.2) is 18.3 Å². The van der Waals surface area contributed by atoms with Crippen LogP contribution >= 0.6 is 0 Å². The molecule has 0 aliphatic carbocycles. The monoisotopic (exact) mass is 540 g/mol. The second-order valence-electron chi connectivity index (χ2n) is 6.12. The van der Waals surface area contributed by atoms with Crippen LogP contribution in [0.4, 0.5) is 0 Å². The Morgan fingerprint density at radius 2 is 1.96 bits per heavy atom. The van der Waals surface area contributed by atoms with Crippen molar-refractivity contribution in [2.75, 3.05) is 6.61 Å². The van der Waals surface area contributed by atoms with E-state index in [1.807, 2.05) is 27.7 Å². The number of aromatic nitrogens is 1. The number of hydrogen-bond acceptors (Lipinski definition) is 5. The summed E-state index contributed by atoms with van der Waals surface area (Å²) < 4.78 is 16.9. The van der Waals surface area contributed by atoms with Crippen molar-refractivity contribution in [1.82, 2.24) is 4.98 Å². The number of carbonyl (C=O) groups is 1. The fourth-order valence-electron chi connectivity index (χ4n) is 2.03. The Balaban J connectivity index is 0.00000264. The molecular weight excluding hydrogens is 519 g/mol. The first-order chi connectivity index (χ1) is 10.3. The minimum absolute atomic E-state index is 0. The molecule has 0 unspecified atom stereocenters. The largest absolute Gasteiger partial charge is 0.471 e. The van der Waals surface area contributed by atoms with Crippen LogP contribution in [0.1, 0.15) is 40.2 Å². The van der Waals surface area contributed by atoms with Crippen molar-refractivity contribution in [3.63, 3.8) is 0 Å². The van der Waals surface area contributed by atoms with Crippen LogP contribution in [0.3, 0.4) is 0 Å². The van der Waals surface area contributed by atoms with Gasteiger partial charge in [0, 0.05) is 37.2 Å². The van der Waals surface area contributed by atoms with E-state index in [4.69, 9.17) is 14.0 Å². The predicted molar refractivity (Wildman–Crippen MR) is 84.5 cm³/mol. The summed E-state index contributed by atoms with van der Waals surface area (Å²) in [7, 11) is -0.533. The minimum atomic E-state index is -0.533. The third kappa shape index (κ3) is 4.70. The second-order valence-corrected chi connectivity index (χ2v) is 6.12. The molecule has 5 nitrogen and oxygen atoms in total. The summed E-state index contributed by atoms with van der Waals surface area (Å²) in [5, 5.41) is 0. The molecule has 1 aliphatic heterocycles. The third-order valence-corrected chi connectivity index (χ3v) is 4.02. The maximum Gasteiger partial charge on any atom is 0.471 e. The standard InChI is InChI=1S/C16H21BNO4.U/c1-6-20-14(19)8-7-12-9-10-18-11-13(12)17-21-15(2,3)16(4,5)22-17;/h7-9,11H,6H2,1-5H3;/q-1;/b8-7+;. The van der Waals surface area contributed by atoms with Gasteiger partial charge in [0.15, 0.2) is 0 Å². The fraction of sp³-hybridized carbons (Fsp3) is 0.500. The third-order valence-electron chi connectivity index (χ3n) is 4.02. The molecule has 0 N–H and O–H groups in total. The van der Waals surface area contributed by atoms with E-state index in [-0.39, 0.29) is 37.1 Å². The summed E-state index contributed by atoms with van der Waals surface area (Å²) in [5.74, 6) is -0.390. The Hall–Kier alpha value is -0.603. The zero-order valence-electron chi connectivity index (χ0n) is 14.2. The average molecular weight is 540 g/mol. The normalized spacial score (nSPS) is 18.7. The van der Waals surface area contributed by atoms with E-state index in [9.17, 15) is 4.79 Å². The maximum absolute atomic E-state index is 11.5. The number of nitrogens with zero attached hydrogens (tertiary/aromatic N) is 1. The van der Waals surface area contributed by atoms with Crippen LogP contribution < -0.4 is 5.46 Å². The van der Waals surface area contributed by atoms with Gasteiger partial charge in [-0.25, -0.2) is 4.79 Å². The predicted octanol–water partition coefficient (Wildman–Crippen LogP) is 1.76. The van der Waals surface area contributed by atoms with Crippen molar-refractivity contribution in [3.05, 3.63) is 30.1 Å². The van der Waals surface area contributed by atoms with Crippen molar-refractivity contribution < 1.29 is 50.0 Å². The fourth-order valence-corrected chi connectivity index (χ4v) is 2.03. The van der Waals surface area contributed by atoms with Gasteiger partial charge in [-0.15, -0.1) is 17.1 Å². The molecular formula is C16H21BNO4U-. The number of rotatable bonds is 4. The summed E-state index contributed by atoms with van der Waals surface area (Å²) >= 11 is 0. The Morgan fingerprint density at radius 3 is 2.52 bits per heavy atom. The van der Waals surface area contributed by atoms with Gasteiger partial charge < -0.3 is 19.0 Å². The minimum Gasteiger partial charge on any atom is -0.463 e. The van der Waals surface area contributed by atoms with Crippen LogP contribution in [-0.2, 0) is 18.8 Å². The number of esters is 1. The van der Waals surface area contributed by atoms with Crippen LogP contribution in [0, 0.1) is 37.3 Å². The van der Waals surface area contributed by atoms with Gasteiger partial charge in [0.05, 0.1) is 17.8 Å². The molecule has 0 amide bonds. The van der Waals surface area contributed by atoms with Gasteiger partial charge >= 0.3 is 13.1 Å². The van der Waals surface area contributed by atoms with Gasteiger partial charge in [-0.3, -0.25) is 0 Å². The van der Waals surface area contributed by atoms with Gasteiger partial charge in [0.25, 0.3) is 0 Å². The molecule has 0 spiro atoms. The Labute approximate surface area is 161 Å². The molecule has 2 heterocycles. The van der Waals surface area contributed by atoms with Crippen LogP contribution in [-0.4, -0.2) is 35.9 Å². The Morgan fingerprint density at radius 1 is 1.35 bits per heavy atom. The molecule has 0 aromatic carbocycles. The van der Waals surface area contributed by atoms with Crippen molar-refractivity contribution in [2.45, 2.75) is 45.8 Å². The number of pyridine rings is 1. The smallest absolute Gasteiger partial charge is 0.463 e. The molecule has 0 saturated carbocycles. The molecule has 1 aliphatic rings. The molecule has 122 valence electrons. The topological polar surface area (TPSA) is 57.7 Å². The second kappa shape index (κ2) is 7.98. The molecule has 1 saturated heterocycles. The molecule has 0 bridgehead atoms. The molecule has 1 fully saturated rings. The van der Waals surface area contributed by atoms with Crippen LogP contribution in [0.2, 0.25) is 0 Å². The van der Waals surface area contributed by atoms with E-state index in [1.165, 1.54) is 6.08 Å². The van der Waals surface area contributed by atoms with E-state index in [2.05, 4.69) is 11.2 Å². The summed E-state index contributed by atoms with van der Waals surface area (Å²) in [6.07, 6.45) is 7.44. The zero-order chi connectivity index (χ0) is 16.4. The van der Waals surface area contributed by atoms with Gasteiger partial charge in [-0.1, -0.05) is 12.4 Å². The van der Waals surface area contributed by atoms with Gasteiger partial charge in [0.1, 0.15) is 0 Å². The summed E-state index contributed by atoms with van der Waals surface area (Å²) in [6, 6.07) is 1.69. The van der Waals surface area contributed by atoms with Crippen molar-refractivity contribution in [1.29, 1.82) is 0 Å². The first kappa shape index (κ1) is 20.4. The van der Waals surface area contributed by atoms with Crippen molar-refractivity contribution in [3.8, 4) is 0 Å². The maximum atomic E-state index is 11.5. The Bertz CT molecular complexity index is 573. The zero-order valence-corrected chi connectivity index (χ0v) is 18.3. The quantitative estimate of drug-likeness (QED) is 0.252. The average Bonchev–Trinajstić information content (AvgIpc) is 2.66. The summed E-state index contributed by atoms with van der Waals surface area (Å²) in [6.45, 7) is 10.1. The molecule has 1 aromatic heterocycles. The SMILES string of the molecule is CCOC(=O)/C=C/c1c[c-]ncc1B1OC(C)(C)C(C)(C)O1.[U]. The van der Waals surface area contributed by atoms with E-state index >= 15 is 0 Å². The van der Waals surface area contributed by atoms with Crippen LogP contribution in [0.5, 0.6) is 0 Å².